The van der Waals surface area contributed by atoms with E-state index in [0.717, 1.165) is 53.4 Å². The van der Waals surface area contributed by atoms with Crippen LogP contribution in [0.3, 0.4) is 0 Å². The molecule has 0 bridgehead atoms. The van der Waals surface area contributed by atoms with Gasteiger partial charge in [-0.25, -0.2) is 4.79 Å². The molecule has 5 nitrogen and oxygen atoms in total. The van der Waals surface area contributed by atoms with E-state index in [2.05, 4.69) is 22.1 Å². The maximum Gasteiger partial charge on any atom is 0.322 e. The number of halogens is 1. The molecule has 1 saturated carbocycles. The van der Waals surface area contributed by atoms with Gasteiger partial charge in [-0.05, 0) is 60.9 Å². The molecule has 4 rings (SSSR count). The van der Waals surface area contributed by atoms with Gasteiger partial charge in [0.05, 0.1) is 13.7 Å². The van der Waals surface area contributed by atoms with Gasteiger partial charge >= 0.3 is 6.03 Å². The van der Waals surface area contributed by atoms with E-state index >= 15 is 0 Å². The zero-order chi connectivity index (χ0) is 22.3. The maximum absolute atomic E-state index is 13.4. The lowest BCUT2D eigenvalue weighted by Crippen LogP contribution is -2.43. The van der Waals surface area contributed by atoms with Crippen molar-refractivity contribution < 1.29 is 9.53 Å². The Hall–Kier alpha value is -2.92. The average molecular weight is 452 g/mol. The fourth-order valence-corrected chi connectivity index (χ4v) is 4.56. The molecule has 0 saturated heterocycles. The number of hydrogen-bond acceptors (Lipinski definition) is 2. The molecule has 1 N–H and O–H groups in total. The van der Waals surface area contributed by atoms with Crippen molar-refractivity contribution in [1.82, 2.24) is 9.47 Å². The number of aromatic nitrogens is 1. The van der Waals surface area contributed by atoms with Gasteiger partial charge in [0.25, 0.3) is 0 Å². The van der Waals surface area contributed by atoms with Crippen LogP contribution in [0.1, 0.15) is 43.4 Å². The molecule has 0 unspecified atom stereocenters. The number of ether oxygens (including phenoxy) is 1. The van der Waals surface area contributed by atoms with Crippen molar-refractivity contribution in [1.29, 1.82) is 0 Å². The number of carbonyl (C=O) groups is 1. The first kappa shape index (κ1) is 22.3. The molecule has 168 valence electrons. The molecule has 0 radical (unpaired) electrons. The number of benzene rings is 2. The molecular weight excluding hydrogens is 422 g/mol. The van der Waals surface area contributed by atoms with Crippen LogP contribution in [0.15, 0.2) is 66.9 Å². The second-order valence-electron chi connectivity index (χ2n) is 8.30. The SMILES string of the molecule is COc1ccc(NC(=O)N(Cc2cccn2Cc2ccccc2Cl)C2CCCCC2)cc1. The first-order valence-corrected chi connectivity index (χ1v) is 11.6. The van der Waals surface area contributed by atoms with Crippen LogP contribution in [0.2, 0.25) is 5.02 Å². The van der Waals surface area contributed by atoms with E-state index in [1.807, 2.05) is 59.5 Å². The highest BCUT2D eigenvalue weighted by atomic mass is 35.5. The van der Waals surface area contributed by atoms with Crippen molar-refractivity contribution in [2.45, 2.75) is 51.2 Å². The molecule has 2 aromatic carbocycles. The van der Waals surface area contributed by atoms with Crippen LogP contribution in [0.25, 0.3) is 0 Å². The van der Waals surface area contributed by atoms with Crippen molar-refractivity contribution in [3.63, 3.8) is 0 Å². The van der Waals surface area contributed by atoms with Crippen LogP contribution >= 0.6 is 11.6 Å². The minimum Gasteiger partial charge on any atom is -0.497 e. The molecule has 0 atom stereocenters. The quantitative estimate of drug-likeness (QED) is 0.441. The van der Waals surface area contributed by atoms with E-state index in [4.69, 9.17) is 16.3 Å². The summed E-state index contributed by atoms with van der Waals surface area (Å²) in [4.78, 5) is 15.4. The predicted octanol–water partition coefficient (Wildman–Crippen LogP) is 6.57. The Kier molecular flexibility index (Phi) is 7.38. The molecule has 0 spiro atoms. The van der Waals surface area contributed by atoms with Gasteiger partial charge in [0.2, 0.25) is 0 Å². The smallest absolute Gasteiger partial charge is 0.322 e. The second kappa shape index (κ2) is 10.6. The third-order valence-corrected chi connectivity index (χ3v) is 6.54. The van der Waals surface area contributed by atoms with E-state index in [-0.39, 0.29) is 12.1 Å². The van der Waals surface area contributed by atoms with Crippen LogP contribution in [0, 0.1) is 0 Å². The van der Waals surface area contributed by atoms with Crippen molar-refractivity contribution in [3.8, 4) is 5.75 Å². The maximum atomic E-state index is 13.4. The van der Waals surface area contributed by atoms with E-state index in [1.54, 1.807) is 7.11 Å². The van der Waals surface area contributed by atoms with E-state index in [9.17, 15) is 4.79 Å². The van der Waals surface area contributed by atoms with Crippen LogP contribution in [-0.2, 0) is 13.1 Å². The summed E-state index contributed by atoms with van der Waals surface area (Å²) in [6.45, 7) is 1.24. The highest BCUT2D eigenvalue weighted by Gasteiger charge is 2.26. The number of anilines is 1. The highest BCUT2D eigenvalue weighted by molar-refractivity contribution is 6.31. The highest BCUT2D eigenvalue weighted by Crippen LogP contribution is 2.26. The summed E-state index contributed by atoms with van der Waals surface area (Å²) >= 11 is 6.39. The van der Waals surface area contributed by atoms with Crippen molar-refractivity contribution in [3.05, 3.63) is 83.1 Å². The zero-order valence-electron chi connectivity index (χ0n) is 18.5. The Balaban J connectivity index is 1.53. The van der Waals surface area contributed by atoms with Crippen LogP contribution < -0.4 is 10.1 Å². The molecule has 1 aliphatic rings. The summed E-state index contributed by atoms with van der Waals surface area (Å²) < 4.78 is 7.40. The van der Waals surface area contributed by atoms with Crippen LogP contribution in [-0.4, -0.2) is 28.6 Å². The lowest BCUT2D eigenvalue weighted by molar-refractivity contribution is 0.161. The zero-order valence-corrected chi connectivity index (χ0v) is 19.2. The Morgan fingerprint density at radius 1 is 1.06 bits per heavy atom. The topological polar surface area (TPSA) is 46.5 Å². The number of hydrogen-bond donors (Lipinski definition) is 1. The number of carbonyl (C=O) groups excluding carboxylic acids is 1. The van der Waals surface area contributed by atoms with Gasteiger partial charge in [-0.2, -0.15) is 0 Å². The molecule has 1 aliphatic carbocycles. The minimum atomic E-state index is -0.0624. The number of methoxy groups -OCH3 is 1. The molecule has 1 fully saturated rings. The van der Waals surface area contributed by atoms with Crippen molar-refractivity contribution >= 4 is 23.3 Å². The molecule has 3 aromatic rings. The molecule has 1 aromatic heterocycles. The normalized spacial score (nSPS) is 14.2. The first-order chi connectivity index (χ1) is 15.6. The summed E-state index contributed by atoms with van der Waals surface area (Å²) in [5.41, 5.74) is 2.93. The summed E-state index contributed by atoms with van der Waals surface area (Å²) in [6.07, 6.45) is 7.71. The van der Waals surface area contributed by atoms with Crippen LogP contribution in [0.5, 0.6) is 5.75 Å². The number of urea groups is 1. The lowest BCUT2D eigenvalue weighted by Gasteiger charge is -2.34. The van der Waals surface area contributed by atoms with E-state index in [0.29, 0.717) is 13.1 Å². The third kappa shape index (κ3) is 5.46. The number of rotatable bonds is 7. The number of nitrogens with zero attached hydrogens (tertiary/aromatic N) is 2. The monoisotopic (exact) mass is 451 g/mol. The molecule has 1 heterocycles. The minimum absolute atomic E-state index is 0.0624. The van der Waals surface area contributed by atoms with E-state index in [1.165, 1.54) is 6.42 Å². The lowest BCUT2D eigenvalue weighted by atomic mass is 9.94. The van der Waals surface area contributed by atoms with Gasteiger partial charge in [0.15, 0.2) is 0 Å². The second-order valence-corrected chi connectivity index (χ2v) is 8.70. The summed E-state index contributed by atoms with van der Waals surface area (Å²) in [5.74, 6) is 0.768. The molecule has 6 heteroatoms. The summed E-state index contributed by atoms with van der Waals surface area (Å²) in [5, 5.41) is 3.84. The summed E-state index contributed by atoms with van der Waals surface area (Å²) in [7, 11) is 1.64. The van der Waals surface area contributed by atoms with Gasteiger partial charge in [0.1, 0.15) is 5.75 Å². The van der Waals surface area contributed by atoms with E-state index < -0.39 is 0 Å². The summed E-state index contributed by atoms with van der Waals surface area (Å²) in [6, 6.07) is 19.7. The Bertz CT molecular complexity index is 1030. The Morgan fingerprint density at radius 3 is 2.53 bits per heavy atom. The third-order valence-electron chi connectivity index (χ3n) is 6.17. The van der Waals surface area contributed by atoms with Crippen molar-refractivity contribution in [2.75, 3.05) is 12.4 Å². The van der Waals surface area contributed by atoms with Gasteiger partial charge in [-0.3, -0.25) is 0 Å². The molecular formula is C26H30ClN3O2. The van der Waals surface area contributed by atoms with Gasteiger partial charge in [-0.15, -0.1) is 0 Å². The van der Waals surface area contributed by atoms with Gasteiger partial charge in [0, 0.05) is 35.2 Å². The fraction of sp³-hybridized carbons (Fsp3) is 0.346. The molecule has 2 amide bonds. The standard InChI is InChI=1S/C26H30ClN3O2/c1-32-24-15-13-21(14-16-24)28-26(31)30(22-9-3-2-4-10-22)19-23-11-7-17-29(23)18-20-8-5-6-12-25(20)27/h5-8,11-17,22H,2-4,9-10,18-19H2,1H3,(H,28,31). The molecule has 32 heavy (non-hydrogen) atoms. The van der Waals surface area contributed by atoms with Crippen LogP contribution in [0.4, 0.5) is 10.5 Å². The fourth-order valence-electron chi connectivity index (χ4n) is 4.36. The number of nitrogens with one attached hydrogen (secondary N) is 1. The largest absolute Gasteiger partial charge is 0.497 e. The first-order valence-electron chi connectivity index (χ1n) is 11.2. The number of amides is 2. The predicted molar refractivity (Wildman–Crippen MR) is 129 cm³/mol. The molecule has 0 aliphatic heterocycles. The van der Waals surface area contributed by atoms with Gasteiger partial charge in [-0.1, -0.05) is 49.1 Å². The Morgan fingerprint density at radius 2 is 1.81 bits per heavy atom. The van der Waals surface area contributed by atoms with Crippen molar-refractivity contribution in [2.24, 2.45) is 0 Å². The van der Waals surface area contributed by atoms with Gasteiger partial charge < -0.3 is 19.5 Å². The Labute approximate surface area is 194 Å². The average Bonchev–Trinajstić information content (AvgIpc) is 3.26.